The lowest BCUT2D eigenvalue weighted by Gasteiger charge is -2.07. The number of rotatable bonds is 6. The SMILES string of the molecule is CC(C)OCCCCn1c(N)n[nH]c1=S. The Labute approximate surface area is 94.6 Å². The van der Waals surface area contributed by atoms with E-state index in [2.05, 4.69) is 10.2 Å². The van der Waals surface area contributed by atoms with Gasteiger partial charge >= 0.3 is 0 Å². The molecule has 86 valence electrons. The van der Waals surface area contributed by atoms with Gasteiger partial charge in [0.05, 0.1) is 6.10 Å². The van der Waals surface area contributed by atoms with E-state index in [1.807, 2.05) is 13.8 Å². The number of anilines is 1. The molecule has 0 aromatic carbocycles. The highest BCUT2D eigenvalue weighted by molar-refractivity contribution is 7.71. The van der Waals surface area contributed by atoms with Crippen LogP contribution in [-0.4, -0.2) is 27.5 Å². The van der Waals surface area contributed by atoms with Crippen molar-refractivity contribution in [3.05, 3.63) is 4.77 Å². The molecule has 0 radical (unpaired) electrons. The quantitative estimate of drug-likeness (QED) is 0.577. The number of unbranched alkanes of at least 4 members (excludes halogenated alkanes) is 1. The number of nitrogens with one attached hydrogen (secondary N) is 1. The Hall–Kier alpha value is -0.880. The van der Waals surface area contributed by atoms with Crippen molar-refractivity contribution in [1.82, 2.24) is 14.8 Å². The first-order valence-corrected chi connectivity index (χ1v) is 5.54. The molecule has 0 unspecified atom stereocenters. The summed E-state index contributed by atoms with van der Waals surface area (Å²) < 4.78 is 7.81. The summed E-state index contributed by atoms with van der Waals surface area (Å²) in [7, 11) is 0. The van der Waals surface area contributed by atoms with Crippen molar-refractivity contribution < 1.29 is 4.74 Å². The van der Waals surface area contributed by atoms with Crippen LogP contribution >= 0.6 is 12.2 Å². The third-order valence-corrected chi connectivity index (χ3v) is 2.33. The Morgan fingerprint density at radius 3 is 2.80 bits per heavy atom. The predicted molar refractivity (Wildman–Crippen MR) is 62.1 cm³/mol. The van der Waals surface area contributed by atoms with Crippen LogP contribution in [0.5, 0.6) is 0 Å². The summed E-state index contributed by atoms with van der Waals surface area (Å²) >= 11 is 5.03. The maximum Gasteiger partial charge on any atom is 0.220 e. The summed E-state index contributed by atoms with van der Waals surface area (Å²) in [5.74, 6) is 0.449. The third kappa shape index (κ3) is 4.01. The van der Waals surface area contributed by atoms with Gasteiger partial charge in [-0.1, -0.05) is 0 Å². The van der Waals surface area contributed by atoms with E-state index in [9.17, 15) is 0 Å². The first-order chi connectivity index (χ1) is 7.11. The average molecular weight is 230 g/mol. The fourth-order valence-corrected chi connectivity index (χ4v) is 1.47. The minimum atomic E-state index is 0.297. The predicted octanol–water partition coefficient (Wildman–Crippen LogP) is 1.73. The molecular formula is C9H18N4OS. The van der Waals surface area contributed by atoms with Crippen molar-refractivity contribution in [3.63, 3.8) is 0 Å². The van der Waals surface area contributed by atoms with Crippen LogP contribution in [0.25, 0.3) is 0 Å². The van der Waals surface area contributed by atoms with Gasteiger partial charge in [0.2, 0.25) is 5.95 Å². The lowest BCUT2D eigenvalue weighted by molar-refractivity contribution is 0.0754. The molecule has 0 aliphatic carbocycles. The van der Waals surface area contributed by atoms with Gasteiger partial charge in [-0.2, -0.15) is 0 Å². The molecule has 0 spiro atoms. The van der Waals surface area contributed by atoms with Crippen LogP contribution in [0.1, 0.15) is 26.7 Å². The van der Waals surface area contributed by atoms with E-state index in [0.29, 0.717) is 16.8 Å². The number of H-pyrrole nitrogens is 1. The monoisotopic (exact) mass is 230 g/mol. The summed E-state index contributed by atoms with van der Waals surface area (Å²) in [6.07, 6.45) is 2.29. The van der Waals surface area contributed by atoms with Crippen molar-refractivity contribution in [2.75, 3.05) is 12.3 Å². The lowest BCUT2D eigenvalue weighted by atomic mass is 10.3. The molecule has 5 nitrogen and oxygen atoms in total. The molecule has 0 saturated carbocycles. The molecule has 0 aliphatic heterocycles. The number of hydrogen-bond donors (Lipinski definition) is 2. The molecule has 0 amide bonds. The number of aromatic amines is 1. The normalized spacial score (nSPS) is 11.1. The van der Waals surface area contributed by atoms with Gasteiger partial charge in [0.25, 0.3) is 0 Å². The molecule has 1 aromatic rings. The molecule has 15 heavy (non-hydrogen) atoms. The molecule has 1 rings (SSSR count). The standard InChI is InChI=1S/C9H18N4OS/c1-7(2)14-6-4-3-5-13-8(10)11-12-9(13)15/h7H,3-6H2,1-2H3,(H2,10,11)(H,12,15). The van der Waals surface area contributed by atoms with Crippen LogP contribution in [0.2, 0.25) is 0 Å². The van der Waals surface area contributed by atoms with Crippen molar-refractivity contribution in [1.29, 1.82) is 0 Å². The Kier molecular flexibility index (Phi) is 4.77. The molecular weight excluding hydrogens is 212 g/mol. The van der Waals surface area contributed by atoms with Crippen LogP contribution in [0.3, 0.4) is 0 Å². The number of nitrogens with zero attached hydrogens (tertiary/aromatic N) is 2. The Morgan fingerprint density at radius 1 is 1.53 bits per heavy atom. The first-order valence-electron chi connectivity index (χ1n) is 5.13. The zero-order valence-electron chi connectivity index (χ0n) is 9.19. The number of nitrogens with two attached hydrogens (primary N) is 1. The number of hydrogen-bond acceptors (Lipinski definition) is 4. The molecule has 0 atom stereocenters. The Balaban J connectivity index is 2.23. The van der Waals surface area contributed by atoms with Crippen molar-refractivity contribution in [3.8, 4) is 0 Å². The zero-order chi connectivity index (χ0) is 11.3. The van der Waals surface area contributed by atoms with E-state index in [0.717, 1.165) is 26.0 Å². The van der Waals surface area contributed by atoms with Gasteiger partial charge in [0, 0.05) is 13.2 Å². The Morgan fingerprint density at radius 2 is 2.27 bits per heavy atom. The number of ether oxygens (including phenoxy) is 1. The number of nitrogen functional groups attached to an aromatic ring is 1. The van der Waals surface area contributed by atoms with E-state index in [1.165, 1.54) is 0 Å². The first kappa shape index (κ1) is 12.2. The highest BCUT2D eigenvalue weighted by Crippen LogP contribution is 2.03. The average Bonchev–Trinajstić information content (AvgIpc) is 2.47. The van der Waals surface area contributed by atoms with E-state index < -0.39 is 0 Å². The third-order valence-electron chi connectivity index (χ3n) is 2.02. The molecule has 0 fully saturated rings. The van der Waals surface area contributed by atoms with Crippen LogP contribution in [0.4, 0.5) is 5.95 Å². The molecule has 0 bridgehead atoms. The molecule has 3 N–H and O–H groups in total. The molecule has 6 heteroatoms. The van der Waals surface area contributed by atoms with Gasteiger partial charge in [-0.15, -0.1) is 5.10 Å². The van der Waals surface area contributed by atoms with Gasteiger partial charge in [0.1, 0.15) is 0 Å². The van der Waals surface area contributed by atoms with Crippen LogP contribution < -0.4 is 5.73 Å². The summed E-state index contributed by atoms with van der Waals surface area (Å²) in [4.78, 5) is 0. The minimum Gasteiger partial charge on any atom is -0.379 e. The zero-order valence-corrected chi connectivity index (χ0v) is 10.0. The van der Waals surface area contributed by atoms with E-state index >= 15 is 0 Å². The molecule has 1 heterocycles. The maximum atomic E-state index is 5.63. The van der Waals surface area contributed by atoms with Crippen molar-refractivity contribution in [2.24, 2.45) is 0 Å². The summed E-state index contributed by atoms with van der Waals surface area (Å²) in [5, 5.41) is 6.49. The second kappa shape index (κ2) is 5.87. The van der Waals surface area contributed by atoms with E-state index in [4.69, 9.17) is 22.7 Å². The number of aromatic nitrogens is 3. The summed E-state index contributed by atoms with van der Waals surface area (Å²) in [5.41, 5.74) is 5.63. The van der Waals surface area contributed by atoms with E-state index in [-0.39, 0.29) is 0 Å². The van der Waals surface area contributed by atoms with Crippen molar-refractivity contribution in [2.45, 2.75) is 39.3 Å². The fourth-order valence-electron chi connectivity index (χ4n) is 1.24. The van der Waals surface area contributed by atoms with Crippen molar-refractivity contribution >= 4 is 18.2 Å². The highest BCUT2D eigenvalue weighted by atomic mass is 32.1. The Bertz CT molecular complexity index is 344. The largest absolute Gasteiger partial charge is 0.379 e. The lowest BCUT2D eigenvalue weighted by Crippen LogP contribution is -2.07. The topological polar surface area (TPSA) is 68.9 Å². The van der Waals surface area contributed by atoms with Crippen LogP contribution in [-0.2, 0) is 11.3 Å². The maximum absolute atomic E-state index is 5.63. The second-order valence-corrected chi connectivity index (χ2v) is 4.05. The van der Waals surface area contributed by atoms with Gasteiger partial charge < -0.3 is 10.5 Å². The smallest absolute Gasteiger partial charge is 0.220 e. The van der Waals surface area contributed by atoms with E-state index in [1.54, 1.807) is 4.57 Å². The van der Waals surface area contributed by atoms with Gasteiger partial charge in [-0.25, -0.2) is 5.10 Å². The second-order valence-electron chi connectivity index (χ2n) is 3.67. The summed E-state index contributed by atoms with van der Waals surface area (Å²) in [6.45, 7) is 5.64. The highest BCUT2D eigenvalue weighted by Gasteiger charge is 2.00. The van der Waals surface area contributed by atoms with Crippen LogP contribution in [0.15, 0.2) is 0 Å². The molecule has 1 aromatic heterocycles. The fraction of sp³-hybridized carbons (Fsp3) is 0.778. The minimum absolute atomic E-state index is 0.297. The van der Waals surface area contributed by atoms with Crippen LogP contribution in [0, 0.1) is 4.77 Å². The molecule has 0 saturated heterocycles. The summed E-state index contributed by atoms with van der Waals surface area (Å²) in [6, 6.07) is 0. The van der Waals surface area contributed by atoms with Gasteiger partial charge in [0.15, 0.2) is 4.77 Å². The molecule has 0 aliphatic rings. The van der Waals surface area contributed by atoms with Gasteiger partial charge in [-0.05, 0) is 38.9 Å². The van der Waals surface area contributed by atoms with Gasteiger partial charge in [-0.3, -0.25) is 4.57 Å².